The van der Waals surface area contributed by atoms with Crippen LogP contribution >= 0.6 is 0 Å². The second-order valence-corrected chi connectivity index (χ2v) is 4.71. The third-order valence-electron chi connectivity index (χ3n) is 3.08. The Kier molecular flexibility index (Phi) is 4.85. The molecule has 0 aromatic heterocycles. The van der Waals surface area contributed by atoms with Gasteiger partial charge in [0.25, 0.3) is 0 Å². The molecule has 0 radical (unpaired) electrons. The van der Waals surface area contributed by atoms with Crippen molar-refractivity contribution in [2.24, 2.45) is 5.73 Å². The van der Waals surface area contributed by atoms with Crippen molar-refractivity contribution in [3.8, 4) is 0 Å². The molecule has 3 heteroatoms. The van der Waals surface area contributed by atoms with E-state index in [1.165, 1.54) is 32.4 Å². The van der Waals surface area contributed by atoms with E-state index in [1.54, 1.807) is 0 Å². The molecular formula is C11H24N2O. The zero-order valence-corrected chi connectivity index (χ0v) is 9.34. The van der Waals surface area contributed by atoms with Crippen molar-refractivity contribution in [1.29, 1.82) is 0 Å². The summed E-state index contributed by atoms with van der Waals surface area (Å²) in [6.45, 7) is 5.79. The van der Waals surface area contributed by atoms with Gasteiger partial charge in [-0.2, -0.15) is 0 Å². The van der Waals surface area contributed by atoms with Gasteiger partial charge in [-0.1, -0.05) is 6.42 Å². The van der Waals surface area contributed by atoms with Crippen LogP contribution in [0.25, 0.3) is 0 Å². The molecule has 0 spiro atoms. The van der Waals surface area contributed by atoms with Crippen LogP contribution in [0.4, 0.5) is 0 Å². The summed E-state index contributed by atoms with van der Waals surface area (Å²) in [4.78, 5) is 2.50. The monoisotopic (exact) mass is 200 g/mol. The molecule has 0 aromatic rings. The van der Waals surface area contributed by atoms with E-state index in [1.807, 2.05) is 6.92 Å². The van der Waals surface area contributed by atoms with Gasteiger partial charge in [-0.15, -0.1) is 0 Å². The Morgan fingerprint density at radius 3 is 2.50 bits per heavy atom. The highest BCUT2D eigenvalue weighted by Crippen LogP contribution is 2.13. The van der Waals surface area contributed by atoms with Crippen LogP contribution in [0.15, 0.2) is 0 Å². The first-order valence-electron chi connectivity index (χ1n) is 5.79. The molecule has 1 atom stereocenters. The molecular weight excluding hydrogens is 176 g/mol. The maximum atomic E-state index is 9.71. The lowest BCUT2D eigenvalue weighted by Crippen LogP contribution is -2.36. The number of likely N-dealkylation sites (tertiary alicyclic amines) is 1. The minimum absolute atomic E-state index is 0.368. The van der Waals surface area contributed by atoms with E-state index in [2.05, 4.69) is 4.90 Å². The second-order valence-electron chi connectivity index (χ2n) is 4.71. The van der Waals surface area contributed by atoms with Crippen molar-refractivity contribution in [3.05, 3.63) is 0 Å². The molecule has 84 valence electrons. The molecule has 0 aromatic carbocycles. The Labute approximate surface area is 87.3 Å². The van der Waals surface area contributed by atoms with Crippen LogP contribution in [0.2, 0.25) is 0 Å². The average molecular weight is 200 g/mol. The van der Waals surface area contributed by atoms with Crippen molar-refractivity contribution in [3.63, 3.8) is 0 Å². The molecule has 1 aliphatic heterocycles. The van der Waals surface area contributed by atoms with Crippen LogP contribution < -0.4 is 5.73 Å². The maximum Gasteiger partial charge on any atom is 0.0741 e. The molecule has 0 saturated carbocycles. The molecule has 0 aliphatic carbocycles. The van der Waals surface area contributed by atoms with Crippen LogP contribution in [0.1, 0.15) is 39.0 Å². The van der Waals surface area contributed by atoms with Crippen molar-refractivity contribution in [1.82, 2.24) is 4.90 Å². The van der Waals surface area contributed by atoms with E-state index in [4.69, 9.17) is 5.73 Å². The minimum atomic E-state index is -0.657. The Morgan fingerprint density at radius 2 is 1.93 bits per heavy atom. The number of hydrogen-bond acceptors (Lipinski definition) is 3. The number of nitrogens with zero attached hydrogens (tertiary/aromatic N) is 1. The number of piperidine rings is 1. The molecule has 1 unspecified atom stereocenters. The van der Waals surface area contributed by atoms with Crippen molar-refractivity contribution >= 4 is 0 Å². The number of aliphatic hydroxyl groups is 1. The van der Waals surface area contributed by atoms with E-state index in [-0.39, 0.29) is 0 Å². The highest BCUT2D eigenvalue weighted by molar-refractivity contribution is 4.74. The van der Waals surface area contributed by atoms with Gasteiger partial charge in [0.2, 0.25) is 0 Å². The van der Waals surface area contributed by atoms with E-state index < -0.39 is 5.60 Å². The minimum Gasteiger partial charge on any atom is -0.389 e. The summed E-state index contributed by atoms with van der Waals surface area (Å²) in [7, 11) is 0. The van der Waals surface area contributed by atoms with Gasteiger partial charge in [0.05, 0.1) is 5.60 Å². The second kappa shape index (κ2) is 5.69. The fraction of sp³-hybridized carbons (Fsp3) is 1.00. The lowest BCUT2D eigenvalue weighted by atomic mass is 10.00. The Hall–Kier alpha value is -0.120. The molecule has 1 rings (SSSR count). The quantitative estimate of drug-likeness (QED) is 0.695. The molecule has 1 aliphatic rings. The normalized spacial score (nSPS) is 23.4. The smallest absolute Gasteiger partial charge is 0.0741 e. The van der Waals surface area contributed by atoms with Gasteiger partial charge in [-0.3, -0.25) is 0 Å². The maximum absolute atomic E-state index is 9.71. The topological polar surface area (TPSA) is 49.5 Å². The van der Waals surface area contributed by atoms with Gasteiger partial charge >= 0.3 is 0 Å². The third-order valence-corrected chi connectivity index (χ3v) is 3.08. The van der Waals surface area contributed by atoms with Crippen LogP contribution in [-0.2, 0) is 0 Å². The van der Waals surface area contributed by atoms with Crippen LogP contribution in [0.5, 0.6) is 0 Å². The predicted molar refractivity (Wildman–Crippen MR) is 59.2 cm³/mol. The fourth-order valence-corrected chi connectivity index (χ4v) is 1.97. The summed E-state index contributed by atoms with van der Waals surface area (Å²) in [6.07, 6.45) is 5.95. The lowest BCUT2D eigenvalue weighted by molar-refractivity contribution is 0.0536. The van der Waals surface area contributed by atoms with E-state index in [0.717, 1.165) is 19.4 Å². The first kappa shape index (κ1) is 12.0. The molecule has 0 amide bonds. The first-order valence-corrected chi connectivity index (χ1v) is 5.79. The predicted octanol–water partition coefficient (Wildman–Crippen LogP) is 0.962. The van der Waals surface area contributed by atoms with Gasteiger partial charge < -0.3 is 15.7 Å². The Morgan fingerprint density at radius 1 is 1.29 bits per heavy atom. The molecule has 1 fully saturated rings. The zero-order valence-electron chi connectivity index (χ0n) is 9.34. The van der Waals surface area contributed by atoms with E-state index in [0.29, 0.717) is 6.54 Å². The molecule has 1 saturated heterocycles. The summed E-state index contributed by atoms with van der Waals surface area (Å²) in [6, 6.07) is 0. The van der Waals surface area contributed by atoms with Crippen LogP contribution in [-0.4, -0.2) is 41.8 Å². The molecule has 1 heterocycles. The van der Waals surface area contributed by atoms with Gasteiger partial charge in [-0.25, -0.2) is 0 Å². The lowest BCUT2D eigenvalue weighted by Gasteiger charge is -2.28. The summed E-state index contributed by atoms with van der Waals surface area (Å²) in [5, 5.41) is 9.71. The van der Waals surface area contributed by atoms with Crippen molar-refractivity contribution in [2.75, 3.05) is 26.2 Å². The SMILES string of the molecule is CC(O)(CN)CCCN1CCCCC1. The fourth-order valence-electron chi connectivity index (χ4n) is 1.97. The van der Waals surface area contributed by atoms with E-state index in [9.17, 15) is 5.11 Å². The standard InChI is InChI=1S/C11H24N2O/c1-11(14,10-12)6-5-9-13-7-3-2-4-8-13/h14H,2-10,12H2,1H3. The van der Waals surface area contributed by atoms with Gasteiger partial charge in [0.1, 0.15) is 0 Å². The summed E-state index contributed by atoms with van der Waals surface area (Å²) < 4.78 is 0. The largest absolute Gasteiger partial charge is 0.389 e. The zero-order chi connectivity index (χ0) is 10.4. The molecule has 0 bridgehead atoms. The third kappa shape index (κ3) is 4.40. The molecule has 3 N–H and O–H groups in total. The summed E-state index contributed by atoms with van der Waals surface area (Å²) in [5.41, 5.74) is 4.80. The highest BCUT2D eigenvalue weighted by atomic mass is 16.3. The van der Waals surface area contributed by atoms with E-state index >= 15 is 0 Å². The summed E-state index contributed by atoms with van der Waals surface area (Å²) >= 11 is 0. The van der Waals surface area contributed by atoms with Crippen LogP contribution in [0.3, 0.4) is 0 Å². The van der Waals surface area contributed by atoms with Gasteiger partial charge in [-0.05, 0) is 52.2 Å². The Bertz CT molecular complexity index is 153. The number of hydrogen-bond donors (Lipinski definition) is 2. The number of rotatable bonds is 5. The van der Waals surface area contributed by atoms with Crippen LogP contribution in [0, 0.1) is 0 Å². The summed E-state index contributed by atoms with van der Waals surface area (Å²) in [5.74, 6) is 0. The average Bonchev–Trinajstić information content (AvgIpc) is 2.19. The Balaban J connectivity index is 2.08. The van der Waals surface area contributed by atoms with Gasteiger partial charge in [0, 0.05) is 6.54 Å². The van der Waals surface area contributed by atoms with Crippen molar-refractivity contribution < 1.29 is 5.11 Å². The first-order chi connectivity index (χ1) is 6.64. The highest BCUT2D eigenvalue weighted by Gasteiger charge is 2.18. The molecule has 3 nitrogen and oxygen atoms in total. The van der Waals surface area contributed by atoms with Gasteiger partial charge in [0.15, 0.2) is 0 Å². The molecule has 14 heavy (non-hydrogen) atoms. The number of nitrogens with two attached hydrogens (primary N) is 1. The van der Waals surface area contributed by atoms with Crippen molar-refractivity contribution in [2.45, 2.75) is 44.6 Å².